The van der Waals surface area contributed by atoms with Gasteiger partial charge < -0.3 is 10.7 Å². The molecule has 1 heterocycles. The van der Waals surface area contributed by atoms with Crippen molar-refractivity contribution in [3.63, 3.8) is 0 Å². The van der Waals surface area contributed by atoms with Crippen molar-refractivity contribution in [1.82, 2.24) is 9.97 Å². The molecule has 0 amide bonds. The number of benzene rings is 1. The molecule has 0 aliphatic rings. The van der Waals surface area contributed by atoms with E-state index in [-0.39, 0.29) is 0 Å². The summed E-state index contributed by atoms with van der Waals surface area (Å²) in [5.74, 6) is 0. The highest BCUT2D eigenvalue weighted by atomic mass is 35.5. The number of imidazole rings is 1. The number of nitrogens with one attached hydrogen (secondary N) is 1. The number of nitrogens with zero attached hydrogens (tertiary/aromatic N) is 1. The van der Waals surface area contributed by atoms with Gasteiger partial charge >= 0.3 is 0 Å². The van der Waals surface area contributed by atoms with E-state index in [4.69, 9.17) is 28.9 Å². The van der Waals surface area contributed by atoms with Crippen LogP contribution in [0.3, 0.4) is 0 Å². The van der Waals surface area contributed by atoms with Gasteiger partial charge in [-0.25, -0.2) is 4.98 Å². The first kappa shape index (κ1) is 12.0. The number of nitrogens with two attached hydrogens (primary N) is 1. The molecule has 3 N–H and O–H groups in total. The van der Waals surface area contributed by atoms with E-state index >= 15 is 0 Å². The number of rotatable bonds is 3. The number of fused-ring (bicyclic) bond motifs is 1. The van der Waals surface area contributed by atoms with Crippen LogP contribution < -0.4 is 5.73 Å². The largest absolute Gasteiger partial charge is 0.333 e. The van der Waals surface area contributed by atoms with Crippen molar-refractivity contribution in [1.29, 1.82) is 0 Å². The summed E-state index contributed by atoms with van der Waals surface area (Å²) in [6.45, 7) is 2.67. The van der Waals surface area contributed by atoms with Crippen LogP contribution in [0.1, 0.15) is 6.92 Å². The fourth-order valence-electron chi connectivity index (χ4n) is 1.28. The van der Waals surface area contributed by atoms with Crippen molar-refractivity contribution in [3.05, 3.63) is 22.2 Å². The Morgan fingerprint density at radius 1 is 1.44 bits per heavy atom. The molecule has 0 saturated heterocycles. The van der Waals surface area contributed by atoms with Gasteiger partial charge in [0.05, 0.1) is 21.1 Å². The van der Waals surface area contributed by atoms with Crippen LogP contribution in [0.4, 0.5) is 0 Å². The van der Waals surface area contributed by atoms with E-state index < -0.39 is 0 Å². The molecule has 0 aliphatic heterocycles. The molecule has 6 heteroatoms. The van der Waals surface area contributed by atoms with Gasteiger partial charge in [0.15, 0.2) is 5.16 Å². The molecule has 2 aromatic rings. The SMILES string of the molecule is CC(CN)Sc1nc2cc(Cl)c(Cl)cc2[nH]1. The summed E-state index contributed by atoms with van der Waals surface area (Å²) in [7, 11) is 0. The quantitative estimate of drug-likeness (QED) is 0.846. The molecule has 0 spiro atoms. The summed E-state index contributed by atoms with van der Waals surface area (Å²) in [5.41, 5.74) is 7.27. The van der Waals surface area contributed by atoms with Crippen LogP contribution in [0.5, 0.6) is 0 Å². The highest BCUT2D eigenvalue weighted by Crippen LogP contribution is 2.29. The molecular formula is C10H11Cl2N3S. The number of aromatic amines is 1. The summed E-state index contributed by atoms with van der Waals surface area (Å²) in [6, 6.07) is 3.54. The first-order valence-electron chi connectivity index (χ1n) is 4.81. The van der Waals surface area contributed by atoms with Crippen LogP contribution in [0.15, 0.2) is 17.3 Å². The molecule has 0 bridgehead atoms. The molecule has 0 radical (unpaired) electrons. The standard InChI is InChI=1S/C10H11Cl2N3S/c1-5(4-13)16-10-14-8-2-6(11)7(12)3-9(8)15-10/h2-3,5H,4,13H2,1H3,(H,14,15). The first-order chi connectivity index (χ1) is 7.60. The van der Waals surface area contributed by atoms with E-state index in [1.165, 1.54) is 0 Å². The lowest BCUT2D eigenvalue weighted by molar-refractivity contribution is 0.938. The molecule has 3 nitrogen and oxygen atoms in total. The smallest absolute Gasteiger partial charge is 0.166 e. The first-order valence-corrected chi connectivity index (χ1v) is 6.45. The molecule has 1 atom stereocenters. The molecule has 86 valence electrons. The molecule has 1 unspecified atom stereocenters. The van der Waals surface area contributed by atoms with Gasteiger partial charge in [0.1, 0.15) is 0 Å². The number of halogens is 2. The number of H-pyrrole nitrogens is 1. The van der Waals surface area contributed by atoms with Crippen molar-refractivity contribution in [2.24, 2.45) is 5.73 Å². The van der Waals surface area contributed by atoms with E-state index in [1.54, 1.807) is 23.9 Å². The third kappa shape index (κ3) is 2.46. The Hall–Kier alpha value is -0.420. The average Bonchev–Trinajstić information content (AvgIpc) is 2.60. The zero-order chi connectivity index (χ0) is 11.7. The summed E-state index contributed by atoms with van der Waals surface area (Å²) in [4.78, 5) is 7.59. The Labute approximate surface area is 108 Å². The Morgan fingerprint density at radius 3 is 2.81 bits per heavy atom. The minimum absolute atomic E-state index is 0.325. The number of thioether (sulfide) groups is 1. The molecule has 0 aliphatic carbocycles. The molecule has 0 fully saturated rings. The second kappa shape index (κ2) is 4.84. The van der Waals surface area contributed by atoms with Crippen molar-refractivity contribution in [3.8, 4) is 0 Å². The summed E-state index contributed by atoms with van der Waals surface area (Å²) >= 11 is 13.4. The normalized spacial score (nSPS) is 13.2. The number of hydrogen-bond donors (Lipinski definition) is 2. The average molecular weight is 276 g/mol. The van der Waals surface area contributed by atoms with Crippen molar-refractivity contribution < 1.29 is 0 Å². The van der Waals surface area contributed by atoms with Crippen LogP contribution in [0, 0.1) is 0 Å². The molecule has 1 aromatic heterocycles. The summed E-state index contributed by atoms with van der Waals surface area (Å²) < 4.78 is 0. The highest BCUT2D eigenvalue weighted by molar-refractivity contribution is 7.99. The monoisotopic (exact) mass is 275 g/mol. The van der Waals surface area contributed by atoms with Crippen LogP contribution in [0.2, 0.25) is 10.0 Å². The minimum Gasteiger partial charge on any atom is -0.333 e. The second-order valence-electron chi connectivity index (χ2n) is 3.49. The van der Waals surface area contributed by atoms with E-state index in [1.807, 2.05) is 0 Å². The van der Waals surface area contributed by atoms with E-state index in [2.05, 4.69) is 16.9 Å². The second-order valence-corrected chi connectivity index (χ2v) is 5.73. The van der Waals surface area contributed by atoms with Gasteiger partial charge in [0.25, 0.3) is 0 Å². The Balaban J connectivity index is 2.36. The van der Waals surface area contributed by atoms with E-state index in [0.29, 0.717) is 21.8 Å². The Bertz CT molecular complexity index is 473. The lowest BCUT2D eigenvalue weighted by Gasteiger charge is -2.03. The lowest BCUT2D eigenvalue weighted by atomic mass is 10.3. The van der Waals surface area contributed by atoms with Crippen LogP contribution in [0.25, 0.3) is 11.0 Å². The molecule has 1 aromatic carbocycles. The predicted molar refractivity (Wildman–Crippen MR) is 70.5 cm³/mol. The fraction of sp³-hybridized carbons (Fsp3) is 0.300. The van der Waals surface area contributed by atoms with Gasteiger partial charge in [-0.05, 0) is 12.1 Å². The van der Waals surface area contributed by atoms with Gasteiger partial charge in [-0.1, -0.05) is 41.9 Å². The number of hydrogen-bond acceptors (Lipinski definition) is 3. The molecule has 0 saturated carbocycles. The maximum atomic E-state index is 5.92. The molecule has 16 heavy (non-hydrogen) atoms. The van der Waals surface area contributed by atoms with Gasteiger partial charge in [0.2, 0.25) is 0 Å². The van der Waals surface area contributed by atoms with Gasteiger partial charge in [-0.2, -0.15) is 0 Å². The molecular weight excluding hydrogens is 265 g/mol. The third-order valence-corrected chi connectivity index (χ3v) is 3.88. The van der Waals surface area contributed by atoms with Crippen LogP contribution >= 0.6 is 35.0 Å². The maximum Gasteiger partial charge on any atom is 0.166 e. The predicted octanol–water partition coefficient (Wildman–Crippen LogP) is 3.31. The van der Waals surface area contributed by atoms with E-state index in [0.717, 1.165) is 16.2 Å². The number of aromatic nitrogens is 2. The fourth-order valence-corrected chi connectivity index (χ4v) is 2.39. The highest BCUT2D eigenvalue weighted by Gasteiger charge is 2.09. The maximum absolute atomic E-state index is 5.92. The van der Waals surface area contributed by atoms with E-state index in [9.17, 15) is 0 Å². The van der Waals surface area contributed by atoms with Crippen molar-refractivity contribution in [2.45, 2.75) is 17.3 Å². The third-order valence-electron chi connectivity index (χ3n) is 2.15. The lowest BCUT2D eigenvalue weighted by Crippen LogP contribution is -2.12. The van der Waals surface area contributed by atoms with Gasteiger partial charge in [-0.15, -0.1) is 0 Å². The molecule has 2 rings (SSSR count). The minimum atomic E-state index is 0.325. The van der Waals surface area contributed by atoms with Gasteiger partial charge in [0, 0.05) is 11.8 Å². The zero-order valence-electron chi connectivity index (χ0n) is 8.63. The van der Waals surface area contributed by atoms with Crippen LogP contribution in [-0.4, -0.2) is 21.8 Å². The van der Waals surface area contributed by atoms with Crippen molar-refractivity contribution in [2.75, 3.05) is 6.54 Å². The zero-order valence-corrected chi connectivity index (χ0v) is 11.0. The Kier molecular flexibility index (Phi) is 3.64. The van der Waals surface area contributed by atoms with Crippen LogP contribution in [-0.2, 0) is 0 Å². The van der Waals surface area contributed by atoms with Gasteiger partial charge in [-0.3, -0.25) is 0 Å². The topological polar surface area (TPSA) is 54.7 Å². The Morgan fingerprint density at radius 2 is 2.12 bits per heavy atom. The summed E-state index contributed by atoms with van der Waals surface area (Å²) in [5, 5.41) is 2.21. The summed E-state index contributed by atoms with van der Waals surface area (Å²) in [6.07, 6.45) is 0. The van der Waals surface area contributed by atoms with Crippen molar-refractivity contribution >= 4 is 46.0 Å².